The van der Waals surface area contributed by atoms with Gasteiger partial charge in [-0.25, -0.2) is 4.99 Å². The molecule has 0 amide bonds. The Kier molecular flexibility index (Phi) is 7.62. The lowest BCUT2D eigenvalue weighted by Gasteiger charge is -2.11. The lowest BCUT2D eigenvalue weighted by Crippen LogP contribution is -2.24. The molecular formula is C26H25Cl2N3O4. The first-order valence-corrected chi connectivity index (χ1v) is 11.8. The fourth-order valence-corrected chi connectivity index (χ4v) is 4.54. The highest BCUT2D eigenvalue weighted by molar-refractivity contribution is 6.35. The molecular weight excluding hydrogens is 489 g/mol. The molecule has 0 saturated heterocycles. The van der Waals surface area contributed by atoms with Crippen LogP contribution in [-0.2, 0) is 25.0 Å². The number of aliphatic hydroxyl groups is 2. The zero-order chi connectivity index (χ0) is 25.1. The van der Waals surface area contributed by atoms with E-state index in [-0.39, 0.29) is 19.4 Å². The Morgan fingerprint density at radius 3 is 2.26 bits per heavy atom. The van der Waals surface area contributed by atoms with Crippen LogP contribution in [-0.4, -0.2) is 30.4 Å². The number of aliphatic carboxylic acids is 1. The summed E-state index contributed by atoms with van der Waals surface area (Å²) in [5.74, 6) is -0.937. The van der Waals surface area contributed by atoms with Crippen molar-refractivity contribution in [2.24, 2.45) is 12.0 Å². The highest BCUT2D eigenvalue weighted by atomic mass is 35.5. The summed E-state index contributed by atoms with van der Waals surface area (Å²) >= 11 is 12.4. The Labute approximate surface area is 212 Å². The van der Waals surface area contributed by atoms with Gasteiger partial charge in [0.05, 0.1) is 36.0 Å². The number of aryl methyl sites for hydroxylation is 1. The highest BCUT2D eigenvalue weighted by Gasteiger charge is 2.13. The lowest BCUT2D eigenvalue weighted by molar-refractivity contribution is -0.137. The fraction of sp³-hybridized carbons (Fsp3) is 0.231. The van der Waals surface area contributed by atoms with Crippen molar-refractivity contribution in [2.45, 2.75) is 32.1 Å². The number of hydrogen-bond acceptors (Lipinski definition) is 4. The summed E-state index contributed by atoms with van der Waals surface area (Å²) in [4.78, 5) is 15.6. The predicted octanol–water partition coefficient (Wildman–Crippen LogP) is 4.96. The Morgan fingerprint density at radius 2 is 1.63 bits per heavy atom. The van der Waals surface area contributed by atoms with Crippen LogP contribution in [0.2, 0.25) is 10.0 Å². The molecule has 0 saturated carbocycles. The average Bonchev–Trinajstić information content (AvgIpc) is 3.07. The van der Waals surface area contributed by atoms with Crippen LogP contribution in [0.3, 0.4) is 0 Å². The first-order chi connectivity index (χ1) is 16.7. The van der Waals surface area contributed by atoms with Crippen LogP contribution in [0.5, 0.6) is 0 Å². The largest absolute Gasteiger partial charge is 0.481 e. The van der Waals surface area contributed by atoms with Gasteiger partial charge in [-0.1, -0.05) is 53.5 Å². The van der Waals surface area contributed by atoms with E-state index in [2.05, 4.69) is 0 Å². The molecule has 182 valence electrons. The molecule has 0 spiro atoms. The molecule has 1 aromatic heterocycles. The Hall–Kier alpha value is -3.10. The number of rotatable bonds is 8. The molecule has 1 atom stereocenters. The summed E-state index contributed by atoms with van der Waals surface area (Å²) in [6.45, 7) is 0.398. The van der Waals surface area contributed by atoms with Crippen LogP contribution in [0.1, 0.15) is 35.6 Å². The van der Waals surface area contributed by atoms with Gasteiger partial charge >= 0.3 is 5.97 Å². The second kappa shape index (κ2) is 10.7. The molecule has 1 unspecified atom stereocenters. The third-order valence-electron chi connectivity index (χ3n) is 5.83. The van der Waals surface area contributed by atoms with Gasteiger partial charge in [0.2, 0.25) is 5.62 Å². The summed E-state index contributed by atoms with van der Waals surface area (Å²) in [7, 11) is 1.92. The van der Waals surface area contributed by atoms with Crippen molar-refractivity contribution in [1.29, 1.82) is 0 Å². The van der Waals surface area contributed by atoms with E-state index in [9.17, 15) is 15.0 Å². The van der Waals surface area contributed by atoms with Gasteiger partial charge in [-0.05, 0) is 53.4 Å². The third-order valence-corrected chi connectivity index (χ3v) is 6.27. The van der Waals surface area contributed by atoms with Crippen LogP contribution in [0.4, 0.5) is 5.69 Å². The van der Waals surface area contributed by atoms with Crippen molar-refractivity contribution in [3.05, 3.63) is 93.0 Å². The number of hydrogen-bond donors (Lipinski definition) is 3. The summed E-state index contributed by atoms with van der Waals surface area (Å²) in [5.41, 5.74) is 5.53. The van der Waals surface area contributed by atoms with E-state index in [0.29, 0.717) is 33.5 Å². The SMILES string of the molecule is Cn1/c(=N/c2cc(Cl)cc(Cl)c2)n(Cc2ccc(C(O)CCC(=O)O)cc2)c2cc(CO)ccc21. The van der Waals surface area contributed by atoms with Gasteiger partial charge in [-0.3, -0.25) is 4.79 Å². The number of aliphatic hydroxyl groups excluding tert-OH is 2. The predicted molar refractivity (Wildman–Crippen MR) is 136 cm³/mol. The summed E-state index contributed by atoms with van der Waals surface area (Å²) in [6.07, 6.45) is -0.780. The van der Waals surface area contributed by atoms with E-state index < -0.39 is 12.1 Å². The molecule has 0 radical (unpaired) electrons. The minimum absolute atomic E-state index is 0.0792. The molecule has 3 N–H and O–H groups in total. The van der Waals surface area contributed by atoms with Gasteiger partial charge in [0.1, 0.15) is 0 Å². The van der Waals surface area contributed by atoms with E-state index in [1.807, 2.05) is 46.5 Å². The number of nitrogens with zero attached hydrogens (tertiary/aromatic N) is 3. The maximum atomic E-state index is 10.8. The quantitative estimate of drug-likeness (QED) is 0.310. The first-order valence-electron chi connectivity index (χ1n) is 11.0. The topological polar surface area (TPSA) is 100.0 Å². The Balaban J connectivity index is 1.78. The number of carboxylic acid groups (broad SMARTS) is 1. The van der Waals surface area contributed by atoms with Crippen molar-refractivity contribution in [3.63, 3.8) is 0 Å². The van der Waals surface area contributed by atoms with E-state index in [1.54, 1.807) is 30.3 Å². The van der Waals surface area contributed by atoms with Gasteiger partial charge < -0.3 is 24.5 Å². The second-order valence-electron chi connectivity index (χ2n) is 8.36. The van der Waals surface area contributed by atoms with E-state index in [1.165, 1.54) is 0 Å². The molecule has 0 aliphatic carbocycles. The molecule has 3 aromatic carbocycles. The van der Waals surface area contributed by atoms with Gasteiger partial charge in [-0.2, -0.15) is 0 Å². The third kappa shape index (κ3) is 5.77. The minimum atomic E-state index is -0.937. The van der Waals surface area contributed by atoms with Crippen molar-refractivity contribution < 1.29 is 20.1 Å². The normalized spacial score (nSPS) is 12.9. The van der Waals surface area contributed by atoms with Crippen molar-refractivity contribution in [3.8, 4) is 0 Å². The standard InChI is InChI=1S/C26H25Cl2N3O4/c1-30-22-7-4-17(15-32)10-23(22)31(26(30)29-21-12-19(27)11-20(28)13-21)14-16-2-5-18(6-3-16)24(33)8-9-25(34)35/h2-7,10-13,24,32-33H,8-9,14-15H2,1H3,(H,34,35)/b29-26-. The van der Waals surface area contributed by atoms with E-state index >= 15 is 0 Å². The first kappa shape index (κ1) is 25.0. The summed E-state index contributed by atoms with van der Waals surface area (Å²) in [6, 6.07) is 18.3. The van der Waals surface area contributed by atoms with Gasteiger partial charge in [-0.15, -0.1) is 0 Å². The highest BCUT2D eigenvalue weighted by Crippen LogP contribution is 2.25. The van der Waals surface area contributed by atoms with Crippen molar-refractivity contribution in [2.75, 3.05) is 0 Å². The molecule has 0 bridgehead atoms. The maximum absolute atomic E-state index is 10.8. The van der Waals surface area contributed by atoms with Crippen LogP contribution in [0.25, 0.3) is 11.0 Å². The van der Waals surface area contributed by atoms with E-state index in [0.717, 1.165) is 22.2 Å². The minimum Gasteiger partial charge on any atom is -0.481 e. The Bertz CT molecular complexity index is 1420. The second-order valence-corrected chi connectivity index (χ2v) is 9.23. The molecule has 0 aliphatic heterocycles. The molecule has 4 rings (SSSR count). The van der Waals surface area contributed by atoms with Crippen molar-refractivity contribution >= 4 is 45.9 Å². The van der Waals surface area contributed by atoms with E-state index in [4.69, 9.17) is 33.3 Å². The maximum Gasteiger partial charge on any atom is 0.303 e. The zero-order valence-corrected chi connectivity index (χ0v) is 20.5. The summed E-state index contributed by atoms with van der Waals surface area (Å²) in [5, 5.41) is 29.8. The molecule has 9 heteroatoms. The van der Waals surface area contributed by atoms with Crippen LogP contribution >= 0.6 is 23.2 Å². The van der Waals surface area contributed by atoms with Gasteiger partial charge in [0.15, 0.2) is 0 Å². The molecule has 7 nitrogen and oxygen atoms in total. The van der Waals surface area contributed by atoms with Crippen molar-refractivity contribution in [1.82, 2.24) is 9.13 Å². The van der Waals surface area contributed by atoms with Gasteiger partial charge in [0.25, 0.3) is 0 Å². The molecule has 1 heterocycles. The number of carbonyl (C=O) groups is 1. The summed E-state index contributed by atoms with van der Waals surface area (Å²) < 4.78 is 4.01. The molecule has 0 fully saturated rings. The number of aromatic nitrogens is 2. The zero-order valence-electron chi connectivity index (χ0n) is 19.0. The number of benzene rings is 3. The Morgan fingerprint density at radius 1 is 0.971 bits per heavy atom. The lowest BCUT2D eigenvalue weighted by atomic mass is 10.0. The average molecular weight is 514 g/mol. The number of imidazole rings is 1. The fourth-order valence-electron chi connectivity index (χ4n) is 4.03. The number of halogens is 2. The van der Waals surface area contributed by atoms with Crippen LogP contribution in [0, 0.1) is 0 Å². The van der Waals surface area contributed by atoms with Gasteiger partial charge in [0, 0.05) is 23.5 Å². The number of fused-ring (bicyclic) bond motifs is 1. The smallest absolute Gasteiger partial charge is 0.303 e. The molecule has 35 heavy (non-hydrogen) atoms. The molecule has 4 aromatic rings. The monoisotopic (exact) mass is 513 g/mol. The van der Waals surface area contributed by atoms with Crippen LogP contribution in [0.15, 0.2) is 65.7 Å². The number of carboxylic acids is 1. The molecule has 0 aliphatic rings. The van der Waals surface area contributed by atoms with Crippen LogP contribution < -0.4 is 5.62 Å².